The lowest BCUT2D eigenvalue weighted by molar-refractivity contribution is -0.118. The van der Waals surface area contributed by atoms with Gasteiger partial charge in [-0.25, -0.2) is 4.79 Å². The highest BCUT2D eigenvalue weighted by atomic mass is 79.9. The summed E-state index contributed by atoms with van der Waals surface area (Å²) < 4.78 is 1.05. The molecule has 0 fully saturated rings. The van der Waals surface area contributed by atoms with E-state index in [1.807, 2.05) is 12.1 Å². The van der Waals surface area contributed by atoms with Gasteiger partial charge in [-0.2, -0.15) is 0 Å². The van der Waals surface area contributed by atoms with Crippen LogP contribution in [0.3, 0.4) is 0 Å². The van der Waals surface area contributed by atoms with E-state index in [2.05, 4.69) is 26.6 Å². The molecule has 1 aromatic carbocycles. The Balaban J connectivity index is 2.19. The van der Waals surface area contributed by atoms with Crippen molar-refractivity contribution in [2.75, 3.05) is 11.9 Å². The van der Waals surface area contributed by atoms with E-state index in [4.69, 9.17) is 10.8 Å². The highest BCUT2D eigenvalue weighted by Gasteiger charge is 2.22. The van der Waals surface area contributed by atoms with Crippen molar-refractivity contribution in [3.63, 3.8) is 0 Å². The van der Waals surface area contributed by atoms with Gasteiger partial charge in [0.05, 0.1) is 6.61 Å². The fourth-order valence-electron chi connectivity index (χ4n) is 2.53. The van der Waals surface area contributed by atoms with Gasteiger partial charge in [0, 0.05) is 10.2 Å². The minimum atomic E-state index is -1.05. The number of halogens is 1. The number of rotatable bonds is 4. The van der Waals surface area contributed by atoms with Crippen LogP contribution >= 0.6 is 15.9 Å². The second-order valence-electron chi connectivity index (χ2n) is 4.99. The van der Waals surface area contributed by atoms with E-state index in [-0.39, 0.29) is 0 Å². The van der Waals surface area contributed by atoms with Crippen molar-refractivity contribution in [2.24, 2.45) is 5.73 Å². The van der Waals surface area contributed by atoms with Gasteiger partial charge in [-0.15, -0.1) is 0 Å². The summed E-state index contributed by atoms with van der Waals surface area (Å²) in [5, 5.41) is 14.1. The number of aliphatic hydroxyl groups excluding tert-OH is 1. The highest BCUT2D eigenvalue weighted by Crippen LogP contribution is 2.33. The molecule has 114 valence electrons. The van der Waals surface area contributed by atoms with Crippen LogP contribution in [-0.4, -0.2) is 29.7 Å². The predicted molar refractivity (Wildman–Crippen MR) is 83.0 cm³/mol. The molecule has 1 aromatic rings. The Morgan fingerprint density at radius 3 is 2.57 bits per heavy atom. The van der Waals surface area contributed by atoms with Crippen molar-refractivity contribution in [1.29, 1.82) is 0 Å². The number of nitrogens with two attached hydrogens (primary N) is 1. The molecule has 1 aliphatic rings. The van der Waals surface area contributed by atoms with Crippen LogP contribution in [0.2, 0.25) is 0 Å². The van der Waals surface area contributed by atoms with Crippen LogP contribution in [0.15, 0.2) is 16.6 Å². The summed E-state index contributed by atoms with van der Waals surface area (Å²) in [6, 6.07) is 1.83. The first-order valence-electron chi connectivity index (χ1n) is 6.81. The van der Waals surface area contributed by atoms with Gasteiger partial charge in [-0.1, -0.05) is 15.9 Å². The zero-order valence-corrected chi connectivity index (χ0v) is 13.1. The second-order valence-corrected chi connectivity index (χ2v) is 5.85. The number of fused-ring (bicyclic) bond motifs is 1. The molecule has 7 heteroatoms. The van der Waals surface area contributed by atoms with E-state index in [9.17, 15) is 9.59 Å². The van der Waals surface area contributed by atoms with Crippen molar-refractivity contribution in [3.05, 3.63) is 27.7 Å². The van der Waals surface area contributed by atoms with Gasteiger partial charge >= 0.3 is 6.03 Å². The van der Waals surface area contributed by atoms with Gasteiger partial charge in [-0.3, -0.25) is 4.79 Å². The first-order valence-corrected chi connectivity index (χ1v) is 7.60. The molecule has 1 atom stereocenters. The van der Waals surface area contributed by atoms with Crippen molar-refractivity contribution >= 4 is 33.6 Å². The van der Waals surface area contributed by atoms with Crippen molar-refractivity contribution in [3.8, 4) is 0 Å². The standard InChI is InChI=1S/C14H18BrN3O3/c15-10-5-6-11(9-4-2-1-3-8(9)10)17-13(20)12(7-19)18-14(16)21/h5-6,12,19H,1-4,7H2,(H,17,20)(H3,16,18,21). The number of amides is 3. The smallest absolute Gasteiger partial charge is 0.312 e. The normalized spacial score (nSPS) is 15.0. The largest absolute Gasteiger partial charge is 0.394 e. The maximum Gasteiger partial charge on any atom is 0.312 e. The van der Waals surface area contributed by atoms with Crippen molar-refractivity contribution in [2.45, 2.75) is 31.7 Å². The average molecular weight is 356 g/mol. The van der Waals surface area contributed by atoms with Crippen LogP contribution in [0.5, 0.6) is 0 Å². The fraction of sp³-hybridized carbons (Fsp3) is 0.429. The third kappa shape index (κ3) is 3.74. The average Bonchev–Trinajstić information content (AvgIpc) is 2.47. The topological polar surface area (TPSA) is 104 Å². The molecule has 2 rings (SSSR count). The summed E-state index contributed by atoms with van der Waals surface area (Å²) in [7, 11) is 0. The lowest BCUT2D eigenvalue weighted by Gasteiger charge is -2.22. The van der Waals surface area contributed by atoms with Gasteiger partial charge in [0.25, 0.3) is 0 Å². The Morgan fingerprint density at radius 2 is 1.95 bits per heavy atom. The molecule has 0 spiro atoms. The van der Waals surface area contributed by atoms with E-state index >= 15 is 0 Å². The quantitative estimate of drug-likeness (QED) is 0.654. The Bertz CT molecular complexity index is 563. The summed E-state index contributed by atoms with van der Waals surface area (Å²) in [4.78, 5) is 22.9. The third-order valence-electron chi connectivity index (χ3n) is 3.55. The van der Waals surface area contributed by atoms with E-state index in [0.717, 1.165) is 41.4 Å². The monoisotopic (exact) mass is 355 g/mol. The Morgan fingerprint density at radius 1 is 1.29 bits per heavy atom. The number of carbonyl (C=O) groups is 2. The molecule has 0 radical (unpaired) electrons. The maximum atomic E-state index is 12.1. The number of aliphatic hydroxyl groups is 1. The lowest BCUT2D eigenvalue weighted by Crippen LogP contribution is -2.48. The van der Waals surface area contributed by atoms with E-state index in [0.29, 0.717) is 0 Å². The van der Waals surface area contributed by atoms with Crippen molar-refractivity contribution < 1.29 is 14.7 Å². The molecule has 6 nitrogen and oxygen atoms in total. The van der Waals surface area contributed by atoms with Gasteiger partial charge < -0.3 is 21.5 Å². The second kappa shape index (κ2) is 6.91. The molecule has 5 N–H and O–H groups in total. The molecule has 0 aromatic heterocycles. The van der Waals surface area contributed by atoms with Crippen LogP contribution in [-0.2, 0) is 17.6 Å². The first-order chi connectivity index (χ1) is 10.0. The number of carbonyl (C=O) groups excluding carboxylic acids is 2. The summed E-state index contributed by atoms with van der Waals surface area (Å²) in [6.45, 7) is -0.506. The molecule has 3 amide bonds. The minimum Gasteiger partial charge on any atom is -0.394 e. The van der Waals surface area contributed by atoms with Crippen LogP contribution in [0, 0.1) is 0 Å². The van der Waals surface area contributed by atoms with Gasteiger partial charge in [0.2, 0.25) is 5.91 Å². The summed E-state index contributed by atoms with van der Waals surface area (Å²) in [6.07, 6.45) is 4.08. The van der Waals surface area contributed by atoms with Gasteiger partial charge in [0.1, 0.15) is 6.04 Å². The summed E-state index contributed by atoms with van der Waals surface area (Å²) in [5.74, 6) is -0.480. The molecule has 21 heavy (non-hydrogen) atoms. The minimum absolute atomic E-state index is 0.480. The van der Waals surface area contributed by atoms with Crippen LogP contribution < -0.4 is 16.4 Å². The van der Waals surface area contributed by atoms with Crippen molar-refractivity contribution in [1.82, 2.24) is 5.32 Å². The fourth-order valence-corrected chi connectivity index (χ4v) is 3.10. The first kappa shape index (κ1) is 15.8. The Hall–Kier alpha value is -1.60. The number of anilines is 1. The Kier molecular flexibility index (Phi) is 5.19. The molecular weight excluding hydrogens is 338 g/mol. The van der Waals surface area contributed by atoms with Crippen LogP contribution in [0.4, 0.5) is 10.5 Å². The molecule has 0 saturated carbocycles. The van der Waals surface area contributed by atoms with Gasteiger partial charge in [-0.05, 0) is 48.9 Å². The third-order valence-corrected chi connectivity index (χ3v) is 4.29. The van der Waals surface area contributed by atoms with Gasteiger partial charge in [0.15, 0.2) is 0 Å². The zero-order valence-electron chi connectivity index (χ0n) is 11.5. The van der Waals surface area contributed by atoms with Crippen LogP contribution in [0.25, 0.3) is 0 Å². The zero-order chi connectivity index (χ0) is 15.4. The molecule has 1 unspecified atom stereocenters. The number of nitrogens with one attached hydrogen (secondary N) is 2. The molecular formula is C14H18BrN3O3. The highest BCUT2D eigenvalue weighted by molar-refractivity contribution is 9.10. The lowest BCUT2D eigenvalue weighted by atomic mass is 9.90. The maximum absolute atomic E-state index is 12.1. The molecule has 1 aliphatic carbocycles. The van der Waals surface area contributed by atoms with E-state index in [1.54, 1.807) is 0 Å². The predicted octanol–water partition coefficient (Wildman–Crippen LogP) is 1.30. The number of hydrogen-bond donors (Lipinski definition) is 4. The van der Waals surface area contributed by atoms with E-state index in [1.165, 1.54) is 5.56 Å². The molecule has 0 heterocycles. The summed E-state index contributed by atoms with van der Waals surface area (Å²) >= 11 is 3.53. The number of hydrogen-bond acceptors (Lipinski definition) is 3. The number of benzene rings is 1. The van der Waals surface area contributed by atoms with Crippen LogP contribution in [0.1, 0.15) is 24.0 Å². The number of primary amides is 1. The van der Waals surface area contributed by atoms with E-state index < -0.39 is 24.6 Å². The number of urea groups is 1. The molecule has 0 aliphatic heterocycles. The Labute approximate surface area is 131 Å². The molecule has 0 saturated heterocycles. The summed E-state index contributed by atoms with van der Waals surface area (Å²) in [5.41, 5.74) is 8.03. The molecule has 0 bridgehead atoms. The SMILES string of the molecule is NC(=O)NC(CO)C(=O)Nc1ccc(Br)c2c1CCCC2.